The Bertz CT molecular complexity index is 1270. The van der Waals surface area contributed by atoms with Crippen molar-refractivity contribution in [2.24, 2.45) is 0 Å². The molecule has 1 amide bonds. The quantitative estimate of drug-likeness (QED) is 0.331. The van der Waals surface area contributed by atoms with Crippen LogP contribution in [0.3, 0.4) is 0 Å². The van der Waals surface area contributed by atoms with Gasteiger partial charge in [0.05, 0.1) is 11.1 Å². The van der Waals surface area contributed by atoms with Crippen LogP contribution in [-0.4, -0.2) is 17.0 Å². The van der Waals surface area contributed by atoms with Gasteiger partial charge < -0.3 is 15.2 Å². The molecule has 0 aliphatic heterocycles. The number of alkyl halides is 3. The minimum absolute atomic E-state index is 0.0131. The Morgan fingerprint density at radius 3 is 2.41 bits per heavy atom. The molecule has 4 rings (SSSR count). The van der Waals surface area contributed by atoms with Crippen LogP contribution >= 0.6 is 0 Å². The first-order chi connectivity index (χ1) is 17.7. The number of benzene rings is 3. The standard InChI is InChI=1S/C29H28F3NO4/c1-2-27(34)33-22-14-19(13-20(15-22)28(35)36)23-9-6-10-24(23)25-16-21(29(30,31)32)11-12-26(25)37-17-18-7-4-3-5-8-18/h3-5,7-8,11-16,23-24H,2,6,9-10,17H2,1H3,(H,33,34)(H,35,36). The van der Waals surface area contributed by atoms with E-state index >= 15 is 0 Å². The number of aromatic carboxylic acids is 1. The Morgan fingerprint density at radius 2 is 1.73 bits per heavy atom. The molecule has 194 valence electrons. The molecule has 0 saturated heterocycles. The van der Waals surface area contributed by atoms with E-state index in [1.807, 2.05) is 30.3 Å². The molecule has 0 aromatic heterocycles. The van der Waals surface area contributed by atoms with E-state index in [-0.39, 0.29) is 36.3 Å². The molecule has 5 nitrogen and oxygen atoms in total. The zero-order chi connectivity index (χ0) is 26.6. The molecule has 1 aliphatic carbocycles. The summed E-state index contributed by atoms with van der Waals surface area (Å²) < 4.78 is 47.0. The maximum Gasteiger partial charge on any atom is 0.416 e. The number of carboxylic acids is 1. The molecular weight excluding hydrogens is 483 g/mol. The Kier molecular flexibility index (Phi) is 7.86. The Hall–Kier alpha value is -3.81. The lowest BCUT2D eigenvalue weighted by Crippen LogP contribution is -2.14. The smallest absolute Gasteiger partial charge is 0.416 e. The van der Waals surface area contributed by atoms with E-state index < -0.39 is 17.7 Å². The van der Waals surface area contributed by atoms with E-state index in [4.69, 9.17) is 4.74 Å². The maximum absolute atomic E-state index is 13.7. The lowest BCUT2D eigenvalue weighted by Gasteiger charge is -2.25. The molecule has 2 atom stereocenters. The minimum Gasteiger partial charge on any atom is -0.489 e. The molecule has 3 aromatic rings. The van der Waals surface area contributed by atoms with Crippen LogP contribution in [0.1, 0.15) is 77.1 Å². The van der Waals surface area contributed by atoms with Gasteiger partial charge in [-0.2, -0.15) is 13.2 Å². The third-order valence-electron chi connectivity index (χ3n) is 6.73. The first-order valence-electron chi connectivity index (χ1n) is 12.2. The maximum atomic E-state index is 13.7. The molecule has 1 fully saturated rings. The molecular formula is C29H28F3NO4. The van der Waals surface area contributed by atoms with Crippen molar-refractivity contribution < 1.29 is 32.6 Å². The Balaban J connectivity index is 1.73. The molecule has 37 heavy (non-hydrogen) atoms. The average molecular weight is 512 g/mol. The van der Waals surface area contributed by atoms with Gasteiger partial charge in [-0.05, 0) is 77.8 Å². The van der Waals surface area contributed by atoms with E-state index in [1.165, 1.54) is 12.1 Å². The van der Waals surface area contributed by atoms with Gasteiger partial charge in [-0.25, -0.2) is 4.79 Å². The van der Waals surface area contributed by atoms with Crippen LogP contribution in [0.5, 0.6) is 5.75 Å². The summed E-state index contributed by atoms with van der Waals surface area (Å²) in [4.78, 5) is 23.8. The van der Waals surface area contributed by atoms with Gasteiger partial charge in [-0.3, -0.25) is 4.79 Å². The fraction of sp³-hybridized carbons (Fsp3) is 0.310. The first kappa shape index (κ1) is 26.3. The highest BCUT2D eigenvalue weighted by Gasteiger charge is 2.36. The van der Waals surface area contributed by atoms with Crippen molar-refractivity contribution in [2.75, 3.05) is 5.32 Å². The van der Waals surface area contributed by atoms with Gasteiger partial charge in [-0.15, -0.1) is 0 Å². The Morgan fingerprint density at radius 1 is 1.00 bits per heavy atom. The minimum atomic E-state index is -4.51. The normalized spacial score (nSPS) is 17.4. The summed E-state index contributed by atoms with van der Waals surface area (Å²) in [5, 5.41) is 12.3. The monoisotopic (exact) mass is 511 g/mol. The number of hydrogen-bond acceptors (Lipinski definition) is 3. The van der Waals surface area contributed by atoms with Gasteiger partial charge in [0.25, 0.3) is 0 Å². The molecule has 1 aliphatic rings. The summed E-state index contributed by atoms with van der Waals surface area (Å²) in [5.74, 6) is -1.58. The molecule has 1 saturated carbocycles. The summed E-state index contributed by atoms with van der Waals surface area (Å²) in [6.45, 7) is 1.90. The van der Waals surface area contributed by atoms with E-state index in [2.05, 4.69) is 5.32 Å². The second-order valence-corrected chi connectivity index (χ2v) is 9.22. The van der Waals surface area contributed by atoms with Crippen molar-refractivity contribution in [3.8, 4) is 5.75 Å². The highest BCUT2D eigenvalue weighted by molar-refractivity contribution is 5.94. The van der Waals surface area contributed by atoms with Crippen LogP contribution in [-0.2, 0) is 17.6 Å². The van der Waals surface area contributed by atoms with Crippen LogP contribution < -0.4 is 10.1 Å². The lowest BCUT2D eigenvalue weighted by molar-refractivity contribution is -0.137. The largest absolute Gasteiger partial charge is 0.489 e. The van der Waals surface area contributed by atoms with E-state index in [1.54, 1.807) is 19.1 Å². The summed E-state index contributed by atoms with van der Waals surface area (Å²) in [6, 6.07) is 17.6. The Labute approximate surface area is 213 Å². The van der Waals surface area contributed by atoms with Crippen molar-refractivity contribution in [2.45, 2.75) is 57.2 Å². The molecule has 0 heterocycles. The SMILES string of the molecule is CCC(=O)Nc1cc(C(=O)O)cc(C2CCCC2c2cc(C(F)(F)F)ccc2OCc2ccccc2)c1. The molecule has 3 aromatic carbocycles. The number of amides is 1. The number of halogens is 3. The van der Waals surface area contributed by atoms with Gasteiger partial charge in [0, 0.05) is 12.1 Å². The first-order valence-corrected chi connectivity index (χ1v) is 12.2. The third-order valence-corrected chi connectivity index (χ3v) is 6.73. The van der Waals surface area contributed by atoms with E-state index in [9.17, 15) is 27.9 Å². The summed E-state index contributed by atoms with van der Waals surface area (Å²) in [5.41, 5.74) is 1.63. The van der Waals surface area contributed by atoms with Crippen molar-refractivity contribution in [3.05, 3.63) is 94.5 Å². The number of hydrogen-bond donors (Lipinski definition) is 2. The fourth-order valence-electron chi connectivity index (χ4n) is 4.92. The molecule has 2 unspecified atom stereocenters. The van der Waals surface area contributed by atoms with Gasteiger partial charge in [0.1, 0.15) is 12.4 Å². The number of carboxylic acid groups (broad SMARTS) is 1. The van der Waals surface area contributed by atoms with E-state index in [0.29, 0.717) is 35.4 Å². The predicted molar refractivity (Wildman–Crippen MR) is 134 cm³/mol. The molecule has 0 radical (unpaired) electrons. The number of carbonyl (C=O) groups excluding carboxylic acids is 1. The molecule has 8 heteroatoms. The molecule has 2 N–H and O–H groups in total. The van der Waals surface area contributed by atoms with Gasteiger partial charge in [0.15, 0.2) is 0 Å². The summed E-state index contributed by atoms with van der Waals surface area (Å²) in [7, 11) is 0. The second-order valence-electron chi connectivity index (χ2n) is 9.22. The van der Waals surface area contributed by atoms with Crippen molar-refractivity contribution >= 4 is 17.6 Å². The van der Waals surface area contributed by atoms with Gasteiger partial charge in [-0.1, -0.05) is 43.7 Å². The summed E-state index contributed by atoms with van der Waals surface area (Å²) in [6.07, 6.45) is -2.23. The second kappa shape index (κ2) is 11.1. The highest BCUT2D eigenvalue weighted by Crippen LogP contribution is 2.50. The van der Waals surface area contributed by atoms with Crippen LogP contribution in [0.25, 0.3) is 0 Å². The van der Waals surface area contributed by atoms with Crippen molar-refractivity contribution in [1.82, 2.24) is 0 Å². The molecule has 0 spiro atoms. The number of carbonyl (C=O) groups is 2. The summed E-state index contributed by atoms with van der Waals surface area (Å²) >= 11 is 0. The van der Waals surface area contributed by atoms with Crippen molar-refractivity contribution in [1.29, 1.82) is 0 Å². The number of anilines is 1. The van der Waals surface area contributed by atoms with Crippen LogP contribution in [0.15, 0.2) is 66.7 Å². The fourth-order valence-corrected chi connectivity index (χ4v) is 4.92. The average Bonchev–Trinajstić information content (AvgIpc) is 3.37. The number of rotatable bonds is 8. The predicted octanol–water partition coefficient (Wildman–Crippen LogP) is 7.38. The van der Waals surface area contributed by atoms with Crippen molar-refractivity contribution in [3.63, 3.8) is 0 Å². The zero-order valence-corrected chi connectivity index (χ0v) is 20.3. The lowest BCUT2D eigenvalue weighted by atomic mass is 9.82. The number of nitrogens with one attached hydrogen (secondary N) is 1. The van der Waals surface area contributed by atoms with Crippen LogP contribution in [0.4, 0.5) is 18.9 Å². The number of ether oxygens (including phenoxy) is 1. The third kappa shape index (κ3) is 6.31. The molecule has 0 bridgehead atoms. The van der Waals surface area contributed by atoms with Crippen LogP contribution in [0.2, 0.25) is 0 Å². The van der Waals surface area contributed by atoms with Gasteiger partial charge >= 0.3 is 12.1 Å². The van der Waals surface area contributed by atoms with E-state index in [0.717, 1.165) is 24.1 Å². The topological polar surface area (TPSA) is 75.6 Å². The highest BCUT2D eigenvalue weighted by atomic mass is 19.4. The van der Waals surface area contributed by atoms with Gasteiger partial charge in [0.2, 0.25) is 5.91 Å². The zero-order valence-electron chi connectivity index (χ0n) is 20.3. The van der Waals surface area contributed by atoms with Crippen LogP contribution in [0, 0.1) is 0 Å².